The second kappa shape index (κ2) is 6.62. The van der Waals surface area contributed by atoms with Crippen LogP contribution in [0.25, 0.3) is 0 Å². The van der Waals surface area contributed by atoms with Crippen LogP contribution in [0.5, 0.6) is 11.5 Å². The lowest BCUT2D eigenvalue weighted by atomic mass is 10.1. The zero-order valence-corrected chi connectivity index (χ0v) is 12.2. The van der Waals surface area contributed by atoms with Crippen molar-refractivity contribution in [2.24, 2.45) is 0 Å². The molecule has 0 unspecified atom stereocenters. The minimum absolute atomic E-state index is 0.549. The summed E-state index contributed by atoms with van der Waals surface area (Å²) in [6, 6.07) is 6.25. The number of nitro groups is 2. The molecule has 2 amide bonds. The molecule has 0 fully saturated rings. The number of phenols is 2. The molecule has 0 aliphatic heterocycles. The molecule has 0 aromatic heterocycles. The molecule has 3 N–H and O–H groups in total. The van der Waals surface area contributed by atoms with Crippen LogP contribution in [-0.2, 0) is 0 Å². The molecule has 0 bridgehead atoms. The molecular weight excluding hydrogens is 338 g/mol. The monoisotopic (exact) mass is 347 g/mol. The fraction of sp³-hybridized carbons (Fsp3) is 0. The summed E-state index contributed by atoms with van der Waals surface area (Å²) in [5, 5.41) is 42.7. The van der Waals surface area contributed by atoms with E-state index in [1.165, 1.54) is 0 Å². The maximum absolute atomic E-state index is 12.0. The minimum atomic E-state index is -1.18. The van der Waals surface area contributed by atoms with Gasteiger partial charge in [0.2, 0.25) is 11.5 Å². The number of aromatic hydroxyl groups is 2. The molecule has 2 aromatic carbocycles. The Bertz CT molecular complexity index is 835. The minimum Gasteiger partial charge on any atom is -0.502 e. The normalized spacial score (nSPS) is 10.1. The fourth-order valence-electron chi connectivity index (χ4n) is 1.96. The molecule has 11 nitrogen and oxygen atoms in total. The fourth-order valence-corrected chi connectivity index (χ4v) is 1.96. The highest BCUT2D eigenvalue weighted by Crippen LogP contribution is 2.31. The number of amides is 2. The molecule has 0 aliphatic carbocycles. The average molecular weight is 347 g/mol. The number of imide groups is 1. The maximum atomic E-state index is 12.0. The van der Waals surface area contributed by atoms with Crippen molar-refractivity contribution in [2.75, 3.05) is 0 Å². The summed E-state index contributed by atoms with van der Waals surface area (Å²) >= 11 is 0. The predicted octanol–water partition coefficient (Wildman–Crippen LogP) is 1.48. The number of nitro benzene ring substituents is 2. The van der Waals surface area contributed by atoms with Gasteiger partial charge in [0.05, 0.1) is 21.0 Å². The highest BCUT2D eigenvalue weighted by Gasteiger charge is 2.25. The van der Waals surface area contributed by atoms with Crippen LogP contribution in [0.3, 0.4) is 0 Å². The third-order valence-electron chi connectivity index (χ3n) is 3.14. The summed E-state index contributed by atoms with van der Waals surface area (Å²) in [6.07, 6.45) is 0. The van der Waals surface area contributed by atoms with E-state index < -0.39 is 55.7 Å². The summed E-state index contributed by atoms with van der Waals surface area (Å²) in [4.78, 5) is 43.7. The molecule has 2 rings (SSSR count). The van der Waals surface area contributed by atoms with Crippen molar-refractivity contribution in [1.29, 1.82) is 0 Å². The number of hydrogen-bond acceptors (Lipinski definition) is 8. The Morgan fingerprint density at radius 3 is 1.48 bits per heavy atom. The van der Waals surface area contributed by atoms with Crippen LogP contribution in [0.15, 0.2) is 36.4 Å². The number of benzene rings is 2. The Morgan fingerprint density at radius 1 is 0.800 bits per heavy atom. The Balaban J connectivity index is 2.32. The molecular formula is C14H9N3O8. The Kier molecular flexibility index (Phi) is 4.59. The molecule has 0 spiro atoms. The lowest BCUT2D eigenvalue weighted by Crippen LogP contribution is -2.30. The van der Waals surface area contributed by atoms with Crippen molar-refractivity contribution in [3.8, 4) is 11.5 Å². The van der Waals surface area contributed by atoms with Crippen molar-refractivity contribution >= 4 is 23.2 Å². The van der Waals surface area contributed by atoms with Crippen LogP contribution in [0, 0.1) is 20.2 Å². The van der Waals surface area contributed by atoms with E-state index in [4.69, 9.17) is 0 Å². The van der Waals surface area contributed by atoms with Crippen LogP contribution in [0.2, 0.25) is 0 Å². The van der Waals surface area contributed by atoms with Crippen LogP contribution < -0.4 is 5.32 Å². The molecule has 0 radical (unpaired) electrons. The number of carbonyl (C=O) groups excluding carboxylic acids is 2. The van der Waals surface area contributed by atoms with E-state index in [1.807, 2.05) is 0 Å². The standard InChI is InChI=1S/C14H9N3O8/c18-11-7(3-1-5-9(11)16(22)23)13(20)15-14(21)8-4-2-6-10(12(8)19)17(24)25/h1-6,18-19H,(H,15,20,21). The first kappa shape index (κ1) is 17.3. The van der Waals surface area contributed by atoms with E-state index >= 15 is 0 Å². The zero-order chi connectivity index (χ0) is 18.7. The van der Waals surface area contributed by atoms with E-state index in [2.05, 4.69) is 0 Å². The van der Waals surface area contributed by atoms with Gasteiger partial charge in [-0.05, 0) is 12.1 Å². The van der Waals surface area contributed by atoms with Gasteiger partial charge in [-0.1, -0.05) is 12.1 Å². The molecule has 0 aliphatic rings. The smallest absolute Gasteiger partial charge is 0.311 e. The Hall–Kier alpha value is -4.02. The molecule has 0 heterocycles. The molecule has 128 valence electrons. The van der Waals surface area contributed by atoms with Crippen molar-refractivity contribution in [1.82, 2.24) is 5.32 Å². The second-order valence-electron chi connectivity index (χ2n) is 4.64. The summed E-state index contributed by atoms with van der Waals surface area (Å²) < 4.78 is 0. The summed E-state index contributed by atoms with van der Waals surface area (Å²) in [6.45, 7) is 0. The molecule has 25 heavy (non-hydrogen) atoms. The van der Waals surface area contributed by atoms with Crippen molar-refractivity contribution in [2.45, 2.75) is 0 Å². The largest absolute Gasteiger partial charge is 0.502 e. The highest BCUT2D eigenvalue weighted by atomic mass is 16.6. The van der Waals surface area contributed by atoms with Gasteiger partial charge in [-0.3, -0.25) is 35.1 Å². The molecule has 0 saturated heterocycles. The van der Waals surface area contributed by atoms with E-state index in [9.17, 15) is 40.0 Å². The number of carbonyl (C=O) groups is 2. The molecule has 11 heteroatoms. The van der Waals surface area contributed by atoms with Gasteiger partial charge >= 0.3 is 11.4 Å². The van der Waals surface area contributed by atoms with Gasteiger partial charge in [-0.15, -0.1) is 0 Å². The van der Waals surface area contributed by atoms with Gasteiger partial charge in [0.15, 0.2) is 0 Å². The van der Waals surface area contributed by atoms with Crippen molar-refractivity contribution in [3.05, 3.63) is 67.8 Å². The van der Waals surface area contributed by atoms with Gasteiger partial charge < -0.3 is 10.2 Å². The lowest BCUT2D eigenvalue weighted by Gasteiger charge is -2.07. The molecule has 2 aromatic rings. The van der Waals surface area contributed by atoms with E-state index in [0.29, 0.717) is 0 Å². The quantitative estimate of drug-likeness (QED) is 0.423. The summed E-state index contributed by atoms with van der Waals surface area (Å²) in [5.41, 5.74) is -2.57. The van der Waals surface area contributed by atoms with Crippen LogP contribution in [-0.4, -0.2) is 31.9 Å². The number of nitrogens with zero attached hydrogens (tertiary/aromatic N) is 2. The van der Waals surface area contributed by atoms with E-state index in [-0.39, 0.29) is 0 Å². The number of hydrogen-bond donors (Lipinski definition) is 3. The third-order valence-corrected chi connectivity index (χ3v) is 3.14. The lowest BCUT2D eigenvalue weighted by molar-refractivity contribution is -0.386. The van der Waals surface area contributed by atoms with Crippen LogP contribution in [0.4, 0.5) is 11.4 Å². The van der Waals surface area contributed by atoms with Gasteiger partial charge in [-0.2, -0.15) is 0 Å². The van der Waals surface area contributed by atoms with Crippen molar-refractivity contribution < 1.29 is 29.6 Å². The predicted molar refractivity (Wildman–Crippen MR) is 81.3 cm³/mol. The number of phenolic OH excluding ortho intramolecular Hbond substituents is 2. The molecule has 0 atom stereocenters. The zero-order valence-electron chi connectivity index (χ0n) is 12.2. The second-order valence-corrected chi connectivity index (χ2v) is 4.64. The molecule has 0 saturated carbocycles. The number of para-hydroxylation sites is 2. The summed E-state index contributed by atoms with van der Waals surface area (Å²) in [7, 11) is 0. The van der Waals surface area contributed by atoms with Gasteiger partial charge in [0.25, 0.3) is 11.8 Å². The average Bonchev–Trinajstić information content (AvgIpc) is 2.54. The first-order chi connectivity index (χ1) is 11.7. The first-order valence-corrected chi connectivity index (χ1v) is 6.52. The SMILES string of the molecule is O=C(NC(=O)c1cccc([N+](=O)[O-])c1O)c1cccc([N+](=O)[O-])c1O. The topological polar surface area (TPSA) is 173 Å². The maximum Gasteiger partial charge on any atom is 0.311 e. The van der Waals surface area contributed by atoms with Gasteiger partial charge in [0.1, 0.15) is 0 Å². The Labute approximate surface area is 138 Å². The van der Waals surface area contributed by atoms with Crippen LogP contribution in [0.1, 0.15) is 20.7 Å². The number of rotatable bonds is 4. The highest BCUT2D eigenvalue weighted by molar-refractivity contribution is 6.12. The van der Waals surface area contributed by atoms with E-state index in [0.717, 1.165) is 36.4 Å². The van der Waals surface area contributed by atoms with E-state index in [1.54, 1.807) is 5.32 Å². The third kappa shape index (κ3) is 3.34. The first-order valence-electron chi connectivity index (χ1n) is 6.52. The number of nitrogens with one attached hydrogen (secondary N) is 1. The Morgan fingerprint density at radius 2 is 1.16 bits per heavy atom. The van der Waals surface area contributed by atoms with Crippen LogP contribution >= 0.6 is 0 Å². The summed E-state index contributed by atoms with van der Waals surface area (Å²) in [5.74, 6) is -4.25. The van der Waals surface area contributed by atoms with Gasteiger partial charge in [-0.25, -0.2) is 0 Å². The van der Waals surface area contributed by atoms with Gasteiger partial charge in [0, 0.05) is 12.1 Å². The van der Waals surface area contributed by atoms with Crippen molar-refractivity contribution in [3.63, 3.8) is 0 Å².